The smallest absolute Gasteiger partial charge is 0.284 e. The van der Waals surface area contributed by atoms with Crippen molar-refractivity contribution in [3.8, 4) is 0 Å². The Morgan fingerprint density at radius 1 is 0.952 bits per heavy atom. The van der Waals surface area contributed by atoms with Gasteiger partial charge in [0.1, 0.15) is 16.6 Å². The van der Waals surface area contributed by atoms with Gasteiger partial charge in [0.15, 0.2) is 0 Å². The van der Waals surface area contributed by atoms with Crippen LogP contribution in [0.5, 0.6) is 0 Å². The molecule has 0 unspecified atom stereocenters. The highest BCUT2D eigenvalue weighted by Gasteiger charge is 2.19. The number of non-ortho nitro benzene ring substituents is 2. The highest BCUT2D eigenvalue weighted by atomic mass is 16.6. The number of nitro groups is 2. The van der Waals surface area contributed by atoms with Crippen LogP contribution in [0.3, 0.4) is 0 Å². The monoisotopic (exact) mass is 286 g/mol. The fourth-order valence-corrected chi connectivity index (χ4v) is 2.14. The van der Waals surface area contributed by atoms with Gasteiger partial charge in [-0.05, 0) is 12.1 Å². The van der Waals surface area contributed by atoms with Crippen molar-refractivity contribution < 1.29 is 14.3 Å². The molecule has 0 aliphatic carbocycles. The molecule has 8 heteroatoms. The van der Waals surface area contributed by atoms with Crippen molar-refractivity contribution >= 4 is 33.3 Å². The molecule has 8 nitrogen and oxygen atoms in total. The summed E-state index contributed by atoms with van der Waals surface area (Å²) in [6.45, 7) is 0. The second-order valence-electron chi connectivity index (χ2n) is 4.28. The first-order chi connectivity index (χ1) is 9.99. The molecule has 0 N–H and O–H groups in total. The molecule has 104 valence electrons. The van der Waals surface area contributed by atoms with E-state index in [2.05, 4.69) is 0 Å². The fourth-order valence-electron chi connectivity index (χ4n) is 2.14. The lowest BCUT2D eigenvalue weighted by Crippen LogP contribution is -2.05. The lowest BCUT2D eigenvalue weighted by molar-refractivity contribution is -0.384. The molecule has 3 rings (SSSR count). The maximum atomic E-state index is 12.4. The van der Waals surface area contributed by atoms with E-state index in [0.29, 0.717) is 0 Å². The molecule has 0 saturated heterocycles. The van der Waals surface area contributed by atoms with Crippen molar-refractivity contribution in [1.29, 1.82) is 0 Å². The van der Waals surface area contributed by atoms with E-state index >= 15 is 0 Å². The highest BCUT2D eigenvalue weighted by molar-refractivity contribution is 5.95. The molecular formula is C13H6N2O6. The van der Waals surface area contributed by atoms with Crippen LogP contribution in [-0.2, 0) is 0 Å². The second kappa shape index (κ2) is 4.37. The maximum absolute atomic E-state index is 12.4. The van der Waals surface area contributed by atoms with E-state index < -0.39 is 21.0 Å². The molecule has 0 bridgehead atoms. The molecule has 0 atom stereocenters. The van der Waals surface area contributed by atoms with Crippen LogP contribution in [0.2, 0.25) is 0 Å². The predicted octanol–water partition coefficient (Wildman–Crippen LogP) is 2.76. The Hall–Kier alpha value is -3.29. The fraction of sp³-hybridized carbons (Fsp3) is 0. The minimum Gasteiger partial charge on any atom is -0.456 e. The van der Waals surface area contributed by atoms with Crippen LogP contribution in [0.1, 0.15) is 0 Å². The molecule has 0 fully saturated rings. The van der Waals surface area contributed by atoms with Gasteiger partial charge < -0.3 is 4.42 Å². The Kier molecular flexibility index (Phi) is 2.65. The summed E-state index contributed by atoms with van der Waals surface area (Å²) in [5, 5.41) is 21.5. The molecule has 0 saturated carbocycles. The molecule has 21 heavy (non-hydrogen) atoms. The van der Waals surface area contributed by atoms with Gasteiger partial charge in [0.05, 0.1) is 15.2 Å². The highest BCUT2D eigenvalue weighted by Crippen LogP contribution is 2.27. The molecule has 0 spiro atoms. The van der Waals surface area contributed by atoms with Crippen molar-refractivity contribution in [2.75, 3.05) is 0 Å². The first-order valence-corrected chi connectivity index (χ1v) is 5.77. The van der Waals surface area contributed by atoms with E-state index in [4.69, 9.17) is 4.42 Å². The van der Waals surface area contributed by atoms with Gasteiger partial charge >= 0.3 is 0 Å². The number of rotatable bonds is 2. The summed E-state index contributed by atoms with van der Waals surface area (Å²) in [5.74, 6) is 0. The summed E-state index contributed by atoms with van der Waals surface area (Å²) in [7, 11) is 0. The average molecular weight is 286 g/mol. The minimum atomic E-state index is -0.692. The largest absolute Gasteiger partial charge is 0.456 e. The van der Waals surface area contributed by atoms with Gasteiger partial charge in [-0.25, -0.2) is 0 Å². The maximum Gasteiger partial charge on any atom is 0.284 e. The predicted molar refractivity (Wildman–Crippen MR) is 73.3 cm³/mol. The van der Waals surface area contributed by atoms with E-state index in [1.165, 1.54) is 30.3 Å². The first-order valence-electron chi connectivity index (χ1n) is 5.77. The quantitative estimate of drug-likeness (QED) is 0.406. The number of nitrogens with zero attached hydrogens (tertiary/aromatic N) is 2. The molecule has 0 amide bonds. The molecule has 1 heterocycles. The third-order valence-corrected chi connectivity index (χ3v) is 3.07. The molecule has 3 aromatic rings. The Labute approximate surface area is 115 Å². The number of hydrogen-bond acceptors (Lipinski definition) is 6. The van der Waals surface area contributed by atoms with Gasteiger partial charge in [-0.15, -0.1) is 0 Å². The summed E-state index contributed by atoms with van der Waals surface area (Å²) in [5.41, 5.74) is -1.14. The number of nitro benzene ring substituents is 2. The van der Waals surface area contributed by atoms with Crippen molar-refractivity contribution in [2.45, 2.75) is 0 Å². The molecule has 0 aliphatic rings. The standard InChI is InChI=1S/C13H6N2O6/c16-13-8-6-7(14(17)18)4-5-10(8)21-11-3-1-2-9(12(11)13)15(19)20/h1-6H. The van der Waals surface area contributed by atoms with Gasteiger partial charge in [0.25, 0.3) is 11.4 Å². The van der Waals surface area contributed by atoms with Gasteiger partial charge in [0, 0.05) is 18.2 Å². The van der Waals surface area contributed by atoms with Gasteiger partial charge in [-0.1, -0.05) is 6.07 Å². The van der Waals surface area contributed by atoms with E-state index in [9.17, 15) is 25.0 Å². The molecular weight excluding hydrogens is 280 g/mol. The van der Waals surface area contributed by atoms with Crippen LogP contribution in [0.4, 0.5) is 11.4 Å². The van der Waals surface area contributed by atoms with Crippen molar-refractivity contribution in [1.82, 2.24) is 0 Å². The van der Waals surface area contributed by atoms with E-state index in [1.807, 2.05) is 0 Å². The van der Waals surface area contributed by atoms with Crippen LogP contribution >= 0.6 is 0 Å². The minimum absolute atomic E-state index is 0.0639. The van der Waals surface area contributed by atoms with E-state index in [0.717, 1.165) is 6.07 Å². The Morgan fingerprint density at radius 3 is 2.38 bits per heavy atom. The van der Waals surface area contributed by atoms with Gasteiger partial charge in [0.2, 0.25) is 5.43 Å². The molecule has 1 aromatic heterocycles. The summed E-state index contributed by atoms with van der Waals surface area (Å²) in [4.78, 5) is 32.8. The third-order valence-electron chi connectivity index (χ3n) is 3.07. The van der Waals surface area contributed by atoms with E-state index in [-0.39, 0.29) is 27.6 Å². The first kappa shape index (κ1) is 12.7. The van der Waals surface area contributed by atoms with Crippen LogP contribution in [0.15, 0.2) is 45.6 Å². The summed E-state index contributed by atoms with van der Waals surface area (Å²) < 4.78 is 5.43. The zero-order valence-corrected chi connectivity index (χ0v) is 10.3. The zero-order chi connectivity index (χ0) is 15.1. The summed E-state index contributed by atoms with van der Waals surface area (Å²) in [6.07, 6.45) is 0. The van der Waals surface area contributed by atoms with Crippen molar-refractivity contribution in [3.63, 3.8) is 0 Å². The Morgan fingerprint density at radius 2 is 1.71 bits per heavy atom. The van der Waals surface area contributed by atoms with Crippen LogP contribution in [0, 0.1) is 20.2 Å². The number of benzene rings is 2. The van der Waals surface area contributed by atoms with Crippen LogP contribution < -0.4 is 5.43 Å². The van der Waals surface area contributed by atoms with Crippen LogP contribution in [0.25, 0.3) is 21.9 Å². The molecule has 0 radical (unpaired) electrons. The Balaban J connectivity index is 2.52. The van der Waals surface area contributed by atoms with E-state index in [1.54, 1.807) is 0 Å². The third kappa shape index (κ3) is 1.89. The topological polar surface area (TPSA) is 116 Å². The number of fused-ring (bicyclic) bond motifs is 2. The summed E-state index contributed by atoms with van der Waals surface area (Å²) in [6, 6.07) is 7.58. The van der Waals surface area contributed by atoms with Crippen molar-refractivity contribution in [2.24, 2.45) is 0 Å². The lowest BCUT2D eigenvalue weighted by atomic mass is 10.1. The second-order valence-corrected chi connectivity index (χ2v) is 4.28. The number of hydrogen-bond donors (Lipinski definition) is 0. The van der Waals surface area contributed by atoms with Gasteiger partial charge in [-0.3, -0.25) is 25.0 Å². The van der Waals surface area contributed by atoms with Gasteiger partial charge in [-0.2, -0.15) is 0 Å². The lowest BCUT2D eigenvalue weighted by Gasteiger charge is -2.01. The van der Waals surface area contributed by atoms with Crippen molar-refractivity contribution in [3.05, 3.63) is 66.9 Å². The molecule has 0 aliphatic heterocycles. The SMILES string of the molecule is O=c1c2cc([N+](=O)[O-])ccc2oc2cccc([N+](=O)[O-])c12. The normalized spacial score (nSPS) is 10.9. The zero-order valence-electron chi connectivity index (χ0n) is 10.3. The molecule has 2 aromatic carbocycles. The Bertz CT molecular complexity index is 975. The average Bonchev–Trinajstić information content (AvgIpc) is 2.46. The summed E-state index contributed by atoms with van der Waals surface area (Å²) >= 11 is 0. The van der Waals surface area contributed by atoms with Crippen LogP contribution in [-0.4, -0.2) is 9.85 Å².